The van der Waals surface area contributed by atoms with E-state index in [1.165, 1.54) is 12.1 Å². The maximum Gasteiger partial charge on any atom is 0.261 e. The minimum Gasteiger partial charge on any atom is -0.481 e. The summed E-state index contributed by atoms with van der Waals surface area (Å²) in [4.78, 5) is 12.5. The van der Waals surface area contributed by atoms with Crippen LogP contribution >= 0.6 is 0 Å². The van der Waals surface area contributed by atoms with Crippen molar-refractivity contribution in [1.29, 1.82) is 0 Å². The highest BCUT2D eigenvalue weighted by Crippen LogP contribution is 2.18. The Morgan fingerprint density at radius 3 is 2.25 bits per heavy atom. The van der Waals surface area contributed by atoms with Crippen LogP contribution in [0.4, 0.5) is 0 Å². The van der Waals surface area contributed by atoms with Gasteiger partial charge in [0.2, 0.25) is 0 Å². The van der Waals surface area contributed by atoms with E-state index in [1.54, 1.807) is 12.1 Å². The highest BCUT2D eigenvalue weighted by atomic mass is 32.2. The maximum atomic E-state index is 12.2. The number of nitrogens with one attached hydrogen (secondary N) is 1. The molecular formula is C18H21NO4S. The van der Waals surface area contributed by atoms with Crippen LogP contribution in [0.3, 0.4) is 0 Å². The van der Waals surface area contributed by atoms with Gasteiger partial charge >= 0.3 is 0 Å². The van der Waals surface area contributed by atoms with Crippen molar-refractivity contribution in [3.05, 3.63) is 60.2 Å². The Hall–Kier alpha value is -2.34. The lowest BCUT2D eigenvalue weighted by Gasteiger charge is -2.17. The molecule has 128 valence electrons. The Morgan fingerprint density at radius 1 is 1.08 bits per heavy atom. The van der Waals surface area contributed by atoms with E-state index in [-0.39, 0.29) is 10.8 Å². The molecule has 0 fully saturated rings. The van der Waals surface area contributed by atoms with Gasteiger partial charge in [-0.2, -0.15) is 0 Å². The summed E-state index contributed by atoms with van der Waals surface area (Å²) < 4.78 is 28.6. The van der Waals surface area contributed by atoms with Gasteiger partial charge in [-0.1, -0.05) is 37.3 Å². The monoisotopic (exact) mass is 347 g/mol. The van der Waals surface area contributed by atoms with Crippen LogP contribution in [-0.4, -0.2) is 26.7 Å². The molecule has 2 rings (SSSR count). The molecule has 0 bridgehead atoms. The van der Waals surface area contributed by atoms with Crippen molar-refractivity contribution in [2.45, 2.75) is 30.9 Å². The van der Waals surface area contributed by atoms with Crippen molar-refractivity contribution in [2.24, 2.45) is 0 Å². The van der Waals surface area contributed by atoms with E-state index in [4.69, 9.17) is 4.74 Å². The highest BCUT2D eigenvalue weighted by Gasteiger charge is 2.18. The average Bonchev–Trinajstić information content (AvgIpc) is 2.58. The first-order chi connectivity index (χ1) is 11.4. The molecule has 1 atom stereocenters. The van der Waals surface area contributed by atoms with Gasteiger partial charge in [-0.05, 0) is 36.2 Å². The summed E-state index contributed by atoms with van der Waals surface area (Å²) in [6, 6.07) is 15.7. The zero-order chi connectivity index (χ0) is 17.6. The molecule has 0 aliphatic heterocycles. The van der Waals surface area contributed by atoms with Crippen LogP contribution in [0.15, 0.2) is 59.5 Å². The Kier molecular flexibility index (Phi) is 5.98. The van der Waals surface area contributed by atoms with Crippen LogP contribution in [0.5, 0.6) is 5.75 Å². The van der Waals surface area contributed by atoms with Gasteiger partial charge in [0.1, 0.15) is 5.75 Å². The minimum atomic E-state index is -3.24. The molecule has 0 aliphatic rings. The molecule has 1 unspecified atom stereocenters. The molecule has 1 N–H and O–H groups in total. The molecule has 5 nitrogen and oxygen atoms in total. The fourth-order valence-corrected chi connectivity index (χ4v) is 2.78. The van der Waals surface area contributed by atoms with Gasteiger partial charge in [0.05, 0.1) is 4.90 Å². The van der Waals surface area contributed by atoms with Crippen LogP contribution in [0.2, 0.25) is 0 Å². The number of carbonyl (C=O) groups excluding carboxylic acids is 1. The molecule has 0 spiro atoms. The minimum absolute atomic E-state index is 0.200. The summed E-state index contributed by atoms with van der Waals surface area (Å²) in [6.07, 6.45) is 1.03. The molecule has 0 radical (unpaired) electrons. The molecule has 6 heteroatoms. The third kappa shape index (κ3) is 5.09. The van der Waals surface area contributed by atoms with Crippen LogP contribution in [0.1, 0.15) is 18.9 Å². The largest absolute Gasteiger partial charge is 0.481 e. The molecule has 0 aromatic heterocycles. The van der Waals surface area contributed by atoms with Gasteiger partial charge in [-0.3, -0.25) is 4.79 Å². The topological polar surface area (TPSA) is 72.5 Å². The van der Waals surface area contributed by atoms with Crippen LogP contribution < -0.4 is 10.1 Å². The second-order valence-corrected chi connectivity index (χ2v) is 7.48. The van der Waals surface area contributed by atoms with E-state index in [9.17, 15) is 13.2 Å². The Labute approximate surface area is 142 Å². The fourth-order valence-electron chi connectivity index (χ4n) is 2.15. The highest BCUT2D eigenvalue weighted by molar-refractivity contribution is 7.90. The number of carbonyl (C=O) groups is 1. The zero-order valence-corrected chi connectivity index (χ0v) is 14.5. The summed E-state index contributed by atoms with van der Waals surface area (Å²) in [5.41, 5.74) is 1.01. The van der Waals surface area contributed by atoms with Crippen LogP contribution in [-0.2, 0) is 21.2 Å². The third-order valence-electron chi connectivity index (χ3n) is 3.50. The molecule has 1 amide bonds. The summed E-state index contributed by atoms with van der Waals surface area (Å²) >= 11 is 0. The van der Waals surface area contributed by atoms with Crippen molar-refractivity contribution in [3.8, 4) is 5.75 Å². The first-order valence-corrected chi connectivity index (χ1v) is 9.57. The number of rotatable bonds is 7. The fraction of sp³-hybridized carbons (Fsp3) is 0.278. The van der Waals surface area contributed by atoms with Crippen LogP contribution in [0, 0.1) is 0 Å². The second kappa shape index (κ2) is 7.97. The lowest BCUT2D eigenvalue weighted by molar-refractivity contribution is -0.128. The Morgan fingerprint density at radius 2 is 1.71 bits per heavy atom. The standard InChI is InChI=1S/C18H21NO4S/c1-3-17(18(20)19-13-14-7-5-4-6-8-14)23-15-9-11-16(12-10-15)24(2,21)22/h4-12,17H,3,13H2,1-2H3,(H,19,20). The normalized spacial score (nSPS) is 12.4. The van der Waals surface area contributed by atoms with Gasteiger partial charge < -0.3 is 10.1 Å². The number of hydrogen-bond donors (Lipinski definition) is 1. The first-order valence-electron chi connectivity index (χ1n) is 7.68. The third-order valence-corrected chi connectivity index (χ3v) is 4.63. The Bertz CT molecular complexity index is 770. The summed E-state index contributed by atoms with van der Waals surface area (Å²) in [5.74, 6) is 0.262. The van der Waals surface area contributed by atoms with Crippen molar-refractivity contribution in [3.63, 3.8) is 0 Å². The van der Waals surface area contributed by atoms with Gasteiger partial charge in [0, 0.05) is 12.8 Å². The van der Waals surface area contributed by atoms with Gasteiger partial charge in [-0.25, -0.2) is 8.42 Å². The van der Waals surface area contributed by atoms with Gasteiger partial charge in [0.25, 0.3) is 5.91 Å². The molecular weight excluding hydrogens is 326 g/mol. The van der Waals surface area contributed by atoms with E-state index in [0.717, 1.165) is 11.8 Å². The number of hydrogen-bond acceptors (Lipinski definition) is 4. The predicted octanol–water partition coefficient (Wildman–Crippen LogP) is 2.56. The second-order valence-electron chi connectivity index (χ2n) is 5.46. The van der Waals surface area contributed by atoms with Crippen LogP contribution in [0.25, 0.3) is 0 Å². The zero-order valence-electron chi connectivity index (χ0n) is 13.7. The summed E-state index contributed by atoms with van der Waals surface area (Å²) in [7, 11) is -3.24. The lowest BCUT2D eigenvalue weighted by atomic mass is 10.2. The average molecular weight is 347 g/mol. The smallest absolute Gasteiger partial charge is 0.261 e. The maximum absolute atomic E-state index is 12.2. The predicted molar refractivity (Wildman–Crippen MR) is 92.5 cm³/mol. The van der Waals surface area contributed by atoms with E-state index >= 15 is 0 Å². The van der Waals surface area contributed by atoms with Crippen molar-refractivity contribution in [2.75, 3.05) is 6.26 Å². The Balaban J connectivity index is 1.97. The molecule has 0 aliphatic carbocycles. The van der Waals surface area contributed by atoms with E-state index < -0.39 is 15.9 Å². The number of amides is 1. The quantitative estimate of drug-likeness (QED) is 0.835. The lowest BCUT2D eigenvalue weighted by Crippen LogP contribution is -2.37. The SMILES string of the molecule is CCC(Oc1ccc(S(C)(=O)=O)cc1)C(=O)NCc1ccccc1. The summed E-state index contributed by atoms with van der Waals surface area (Å²) in [6.45, 7) is 2.30. The van der Waals surface area contributed by atoms with E-state index in [0.29, 0.717) is 18.7 Å². The van der Waals surface area contributed by atoms with Crippen molar-refractivity contribution in [1.82, 2.24) is 5.32 Å². The number of sulfone groups is 1. The van der Waals surface area contributed by atoms with Gasteiger partial charge in [0.15, 0.2) is 15.9 Å². The van der Waals surface area contributed by atoms with E-state index in [1.807, 2.05) is 37.3 Å². The number of ether oxygens (including phenoxy) is 1. The van der Waals surface area contributed by atoms with E-state index in [2.05, 4.69) is 5.32 Å². The molecule has 0 saturated heterocycles. The van der Waals surface area contributed by atoms with Crippen molar-refractivity contribution >= 4 is 15.7 Å². The van der Waals surface area contributed by atoms with Gasteiger partial charge in [-0.15, -0.1) is 0 Å². The summed E-state index contributed by atoms with van der Waals surface area (Å²) in [5, 5.41) is 2.85. The molecule has 2 aromatic rings. The molecule has 2 aromatic carbocycles. The first kappa shape index (κ1) is 18.0. The molecule has 24 heavy (non-hydrogen) atoms. The number of benzene rings is 2. The molecule has 0 saturated carbocycles. The van der Waals surface area contributed by atoms with Crippen molar-refractivity contribution < 1.29 is 17.9 Å². The molecule has 0 heterocycles.